The highest BCUT2D eigenvalue weighted by Gasteiger charge is 2.30. The fourth-order valence-electron chi connectivity index (χ4n) is 3.25. The Labute approximate surface area is 177 Å². The molecule has 1 heterocycles. The molecule has 0 atom stereocenters. The van der Waals surface area contributed by atoms with Gasteiger partial charge in [-0.1, -0.05) is 36.4 Å². The number of methoxy groups -OCH3 is 1. The van der Waals surface area contributed by atoms with E-state index in [1.54, 1.807) is 48.4 Å². The van der Waals surface area contributed by atoms with Crippen molar-refractivity contribution in [3.05, 3.63) is 60.2 Å². The van der Waals surface area contributed by atoms with Crippen LogP contribution in [0.3, 0.4) is 0 Å². The van der Waals surface area contributed by atoms with Gasteiger partial charge in [-0.25, -0.2) is 8.42 Å². The van der Waals surface area contributed by atoms with Gasteiger partial charge in [0.1, 0.15) is 0 Å². The molecule has 0 aromatic heterocycles. The lowest BCUT2D eigenvalue weighted by molar-refractivity contribution is -0.134. The first-order valence-corrected chi connectivity index (χ1v) is 11.2. The van der Waals surface area contributed by atoms with Gasteiger partial charge >= 0.3 is 0 Å². The monoisotopic (exact) mass is 430 g/mol. The Kier molecular flexibility index (Phi) is 7.12. The first-order valence-electron chi connectivity index (χ1n) is 9.72. The number of benzene rings is 2. The van der Waals surface area contributed by atoms with Crippen LogP contribution in [0.15, 0.2) is 59.5 Å². The van der Waals surface area contributed by atoms with E-state index in [4.69, 9.17) is 9.47 Å². The minimum absolute atomic E-state index is 0.134. The fraction of sp³-hybridized carbons (Fsp3) is 0.318. The minimum Gasteiger partial charge on any atom is -0.493 e. The molecule has 1 fully saturated rings. The molecule has 1 saturated heterocycles. The summed E-state index contributed by atoms with van der Waals surface area (Å²) in [6, 6.07) is 13.8. The minimum atomic E-state index is -3.54. The molecule has 0 saturated carbocycles. The molecular weight excluding hydrogens is 404 g/mol. The summed E-state index contributed by atoms with van der Waals surface area (Å²) in [4.78, 5) is 14.4. The molecule has 2 aromatic rings. The van der Waals surface area contributed by atoms with Gasteiger partial charge < -0.3 is 14.4 Å². The third-order valence-corrected chi connectivity index (χ3v) is 6.78. The quantitative estimate of drug-likeness (QED) is 0.675. The van der Waals surface area contributed by atoms with E-state index in [0.29, 0.717) is 24.6 Å². The van der Waals surface area contributed by atoms with Crippen molar-refractivity contribution < 1.29 is 22.7 Å². The largest absolute Gasteiger partial charge is 0.493 e. The number of hydrogen-bond donors (Lipinski definition) is 0. The number of rotatable bonds is 7. The smallest absolute Gasteiger partial charge is 0.260 e. The molecule has 8 heteroatoms. The van der Waals surface area contributed by atoms with Crippen LogP contribution in [0.1, 0.15) is 12.5 Å². The predicted octanol–water partition coefficient (Wildman–Crippen LogP) is 2.64. The highest BCUT2D eigenvalue weighted by molar-refractivity contribution is 7.89. The molecule has 0 bridgehead atoms. The maximum Gasteiger partial charge on any atom is 0.260 e. The lowest BCUT2D eigenvalue weighted by atomic mass is 10.2. The summed E-state index contributed by atoms with van der Waals surface area (Å²) in [5.41, 5.74) is 0.976. The first kappa shape index (κ1) is 21.9. The second-order valence-electron chi connectivity index (χ2n) is 6.80. The second kappa shape index (κ2) is 9.77. The molecule has 7 nitrogen and oxygen atoms in total. The van der Waals surface area contributed by atoms with Crippen molar-refractivity contribution in [3.63, 3.8) is 0 Å². The van der Waals surface area contributed by atoms with Crippen LogP contribution in [0.2, 0.25) is 0 Å². The predicted molar refractivity (Wildman–Crippen MR) is 115 cm³/mol. The molecular formula is C22H26N2O5S. The summed E-state index contributed by atoms with van der Waals surface area (Å²) >= 11 is 0. The summed E-state index contributed by atoms with van der Waals surface area (Å²) in [5, 5.41) is 0. The van der Waals surface area contributed by atoms with E-state index in [1.165, 1.54) is 4.31 Å². The van der Waals surface area contributed by atoms with Crippen LogP contribution in [0.25, 0.3) is 6.08 Å². The van der Waals surface area contributed by atoms with Gasteiger partial charge in [0.05, 0.1) is 12.0 Å². The van der Waals surface area contributed by atoms with Gasteiger partial charge in [0, 0.05) is 26.2 Å². The topological polar surface area (TPSA) is 76.2 Å². The Morgan fingerprint density at radius 2 is 1.73 bits per heavy atom. The summed E-state index contributed by atoms with van der Waals surface area (Å²) in [5.74, 6) is 0.855. The molecule has 0 radical (unpaired) electrons. The number of sulfonamides is 1. The second-order valence-corrected chi connectivity index (χ2v) is 8.73. The third-order valence-electron chi connectivity index (χ3n) is 4.87. The zero-order chi connectivity index (χ0) is 21.6. The Morgan fingerprint density at radius 1 is 1.03 bits per heavy atom. The maximum absolute atomic E-state index is 12.7. The van der Waals surface area contributed by atoms with Gasteiger partial charge in [0.2, 0.25) is 10.0 Å². The molecule has 1 aliphatic heterocycles. The first-order chi connectivity index (χ1) is 14.5. The van der Waals surface area contributed by atoms with Crippen molar-refractivity contribution in [3.8, 4) is 11.5 Å². The molecule has 0 spiro atoms. The molecule has 0 N–H and O–H groups in total. The highest BCUT2D eigenvalue weighted by Crippen LogP contribution is 2.28. The third kappa shape index (κ3) is 5.01. The molecule has 0 unspecified atom stereocenters. The van der Waals surface area contributed by atoms with Gasteiger partial charge in [-0.2, -0.15) is 4.31 Å². The van der Waals surface area contributed by atoms with E-state index in [1.807, 2.05) is 31.2 Å². The van der Waals surface area contributed by atoms with Crippen molar-refractivity contribution in [1.82, 2.24) is 9.21 Å². The van der Waals surface area contributed by atoms with Gasteiger partial charge in [0.25, 0.3) is 5.91 Å². The van der Waals surface area contributed by atoms with E-state index in [0.717, 1.165) is 5.56 Å². The van der Waals surface area contributed by atoms with E-state index in [9.17, 15) is 13.2 Å². The number of nitrogens with zero attached hydrogens (tertiary/aromatic N) is 2. The lowest BCUT2D eigenvalue weighted by Gasteiger charge is -2.34. The van der Waals surface area contributed by atoms with E-state index >= 15 is 0 Å². The Hall–Kier alpha value is -2.84. The Balaban J connectivity index is 1.56. The number of carbonyl (C=O) groups is 1. The number of allylic oxidation sites excluding steroid dienone is 1. The van der Waals surface area contributed by atoms with E-state index < -0.39 is 10.0 Å². The van der Waals surface area contributed by atoms with Crippen LogP contribution in [0.5, 0.6) is 11.5 Å². The molecule has 1 amide bonds. The number of piperazine rings is 1. The van der Waals surface area contributed by atoms with Crippen LogP contribution in [0.4, 0.5) is 0 Å². The van der Waals surface area contributed by atoms with Crippen LogP contribution >= 0.6 is 0 Å². The fourth-order valence-corrected chi connectivity index (χ4v) is 4.69. The zero-order valence-electron chi connectivity index (χ0n) is 17.2. The summed E-state index contributed by atoms with van der Waals surface area (Å²) in [6.45, 7) is 2.96. The van der Waals surface area contributed by atoms with Gasteiger partial charge in [-0.05, 0) is 36.8 Å². The van der Waals surface area contributed by atoms with Crippen LogP contribution < -0.4 is 9.47 Å². The molecule has 3 rings (SSSR count). The van der Waals surface area contributed by atoms with Crippen molar-refractivity contribution >= 4 is 22.0 Å². The summed E-state index contributed by atoms with van der Waals surface area (Å²) in [6.07, 6.45) is 3.87. The normalized spacial score (nSPS) is 15.3. The van der Waals surface area contributed by atoms with E-state index in [-0.39, 0.29) is 30.5 Å². The molecule has 30 heavy (non-hydrogen) atoms. The van der Waals surface area contributed by atoms with Gasteiger partial charge in [-0.15, -0.1) is 0 Å². The SMILES string of the molecule is C/C=C/c1ccc(OCC(=O)N2CCN(S(=O)(=O)c3ccccc3)CC2)c(OC)c1. The number of amides is 1. The van der Waals surface area contributed by atoms with Crippen LogP contribution in [-0.2, 0) is 14.8 Å². The van der Waals surface area contributed by atoms with Crippen molar-refractivity contribution in [2.45, 2.75) is 11.8 Å². The molecule has 160 valence electrons. The summed E-state index contributed by atoms with van der Waals surface area (Å²) in [7, 11) is -1.99. The number of ether oxygens (including phenoxy) is 2. The van der Waals surface area contributed by atoms with Gasteiger partial charge in [0.15, 0.2) is 18.1 Å². The molecule has 0 aliphatic carbocycles. The average molecular weight is 431 g/mol. The van der Waals surface area contributed by atoms with Crippen molar-refractivity contribution in [2.75, 3.05) is 39.9 Å². The Bertz CT molecular complexity index is 997. The summed E-state index contributed by atoms with van der Waals surface area (Å²) < 4.78 is 37.8. The average Bonchev–Trinajstić information content (AvgIpc) is 2.78. The zero-order valence-corrected chi connectivity index (χ0v) is 18.0. The Morgan fingerprint density at radius 3 is 2.37 bits per heavy atom. The van der Waals surface area contributed by atoms with Crippen LogP contribution in [0, 0.1) is 0 Å². The highest BCUT2D eigenvalue weighted by atomic mass is 32.2. The maximum atomic E-state index is 12.7. The van der Waals surface area contributed by atoms with E-state index in [2.05, 4.69) is 0 Å². The van der Waals surface area contributed by atoms with Gasteiger partial charge in [-0.3, -0.25) is 4.79 Å². The standard InChI is InChI=1S/C22H26N2O5S/c1-3-7-18-10-11-20(21(16-18)28-2)29-17-22(25)23-12-14-24(15-13-23)30(26,27)19-8-5-4-6-9-19/h3-11,16H,12-15,17H2,1-2H3/b7-3+. The number of carbonyl (C=O) groups excluding carboxylic acids is 1. The van der Waals surface area contributed by atoms with Crippen molar-refractivity contribution in [1.29, 1.82) is 0 Å². The molecule has 1 aliphatic rings. The molecule has 2 aromatic carbocycles. The lowest BCUT2D eigenvalue weighted by Crippen LogP contribution is -2.51. The number of hydrogen-bond acceptors (Lipinski definition) is 5. The van der Waals surface area contributed by atoms with Crippen molar-refractivity contribution in [2.24, 2.45) is 0 Å². The van der Waals surface area contributed by atoms with Crippen LogP contribution in [-0.4, -0.2) is 63.4 Å².